The number of nitrogens with one attached hydrogen (secondary N) is 1. The molecule has 0 aromatic carbocycles. The summed E-state index contributed by atoms with van der Waals surface area (Å²) in [5, 5.41) is 5.82. The number of thiophene rings is 1. The van der Waals surface area contributed by atoms with E-state index in [-0.39, 0.29) is 0 Å². The predicted molar refractivity (Wildman–Crippen MR) is 96.1 cm³/mol. The Labute approximate surface area is 135 Å². The summed E-state index contributed by atoms with van der Waals surface area (Å²) in [5.74, 6) is 1.59. The highest BCUT2D eigenvalue weighted by Crippen LogP contribution is 2.17. The van der Waals surface area contributed by atoms with Crippen molar-refractivity contribution in [1.29, 1.82) is 0 Å². The highest BCUT2D eigenvalue weighted by Gasteiger charge is 2.09. The van der Waals surface area contributed by atoms with Gasteiger partial charge in [-0.15, -0.1) is 11.3 Å². The summed E-state index contributed by atoms with van der Waals surface area (Å²) < 4.78 is 0. The van der Waals surface area contributed by atoms with Gasteiger partial charge in [-0.3, -0.25) is 0 Å². The molecule has 122 valence electrons. The number of rotatable bonds is 11. The van der Waals surface area contributed by atoms with E-state index >= 15 is 0 Å². The lowest BCUT2D eigenvalue weighted by atomic mass is 10.1. The minimum Gasteiger partial charge on any atom is -0.308 e. The lowest BCUT2D eigenvalue weighted by Crippen LogP contribution is -2.35. The van der Waals surface area contributed by atoms with Crippen LogP contribution in [0.2, 0.25) is 0 Å². The van der Waals surface area contributed by atoms with E-state index in [9.17, 15) is 0 Å². The quantitative estimate of drug-likeness (QED) is 0.632. The molecule has 0 saturated heterocycles. The van der Waals surface area contributed by atoms with Crippen LogP contribution in [0.4, 0.5) is 0 Å². The Bertz CT molecular complexity index is 334. The van der Waals surface area contributed by atoms with Gasteiger partial charge in [-0.05, 0) is 56.1 Å². The number of hydrogen-bond donors (Lipinski definition) is 1. The molecule has 1 aromatic rings. The third-order valence-corrected chi connectivity index (χ3v) is 4.95. The Morgan fingerprint density at radius 3 is 2.10 bits per heavy atom. The third kappa shape index (κ3) is 8.60. The standard InChI is InChI=1S/C18H34N2S/c1-15(2)8-11-20(12-9-16(3)4)13-10-19-17(5)18-7-6-14-21-18/h6-7,14-17,19H,8-13H2,1-5H3. The molecule has 3 heteroatoms. The molecule has 1 rings (SSSR count). The van der Waals surface area contributed by atoms with Crippen LogP contribution >= 0.6 is 11.3 Å². The van der Waals surface area contributed by atoms with E-state index in [1.165, 1.54) is 30.8 Å². The summed E-state index contributed by atoms with van der Waals surface area (Å²) >= 11 is 1.84. The molecular formula is C18H34N2S. The van der Waals surface area contributed by atoms with Gasteiger partial charge in [0.05, 0.1) is 0 Å². The van der Waals surface area contributed by atoms with Gasteiger partial charge in [0.25, 0.3) is 0 Å². The van der Waals surface area contributed by atoms with Crippen molar-refractivity contribution >= 4 is 11.3 Å². The highest BCUT2D eigenvalue weighted by molar-refractivity contribution is 7.10. The minimum atomic E-state index is 0.474. The first-order valence-corrected chi connectivity index (χ1v) is 9.36. The van der Waals surface area contributed by atoms with Gasteiger partial charge in [-0.25, -0.2) is 0 Å². The van der Waals surface area contributed by atoms with Gasteiger partial charge in [0.1, 0.15) is 0 Å². The van der Waals surface area contributed by atoms with Gasteiger partial charge in [-0.2, -0.15) is 0 Å². The first-order valence-electron chi connectivity index (χ1n) is 8.48. The molecule has 1 heterocycles. The molecule has 0 aliphatic rings. The van der Waals surface area contributed by atoms with Crippen molar-refractivity contribution in [3.63, 3.8) is 0 Å². The average molecular weight is 311 g/mol. The van der Waals surface area contributed by atoms with Gasteiger partial charge in [0.2, 0.25) is 0 Å². The first kappa shape index (κ1) is 18.7. The van der Waals surface area contributed by atoms with Crippen molar-refractivity contribution in [2.75, 3.05) is 26.2 Å². The van der Waals surface area contributed by atoms with Crippen LogP contribution < -0.4 is 5.32 Å². The molecule has 0 radical (unpaired) electrons. The lowest BCUT2D eigenvalue weighted by molar-refractivity contribution is 0.241. The van der Waals surface area contributed by atoms with Crippen LogP contribution in [0.3, 0.4) is 0 Å². The van der Waals surface area contributed by atoms with E-state index in [1.54, 1.807) is 0 Å². The molecule has 0 fully saturated rings. The van der Waals surface area contributed by atoms with Crippen LogP contribution in [0.15, 0.2) is 17.5 Å². The van der Waals surface area contributed by atoms with E-state index in [0.29, 0.717) is 6.04 Å². The maximum atomic E-state index is 3.66. The van der Waals surface area contributed by atoms with Crippen molar-refractivity contribution in [3.8, 4) is 0 Å². The molecule has 1 N–H and O–H groups in total. The van der Waals surface area contributed by atoms with Crippen molar-refractivity contribution in [2.45, 2.75) is 53.5 Å². The topological polar surface area (TPSA) is 15.3 Å². The van der Waals surface area contributed by atoms with E-state index in [0.717, 1.165) is 24.9 Å². The van der Waals surface area contributed by atoms with E-state index in [2.05, 4.69) is 62.3 Å². The molecular weight excluding hydrogens is 276 g/mol. The second kappa shape index (κ2) is 10.4. The zero-order valence-electron chi connectivity index (χ0n) is 14.6. The fourth-order valence-electron chi connectivity index (χ4n) is 2.29. The fourth-order valence-corrected chi connectivity index (χ4v) is 3.05. The Hall–Kier alpha value is -0.380. The van der Waals surface area contributed by atoms with Crippen LogP contribution in [-0.4, -0.2) is 31.1 Å². The Morgan fingerprint density at radius 1 is 1.00 bits per heavy atom. The molecule has 0 aliphatic carbocycles. The van der Waals surface area contributed by atoms with Crippen LogP contribution in [0.25, 0.3) is 0 Å². The monoisotopic (exact) mass is 310 g/mol. The molecule has 0 saturated carbocycles. The zero-order chi connectivity index (χ0) is 15.7. The van der Waals surface area contributed by atoms with Crippen LogP contribution in [0.5, 0.6) is 0 Å². The van der Waals surface area contributed by atoms with Gasteiger partial charge in [0.15, 0.2) is 0 Å². The molecule has 2 nitrogen and oxygen atoms in total. The van der Waals surface area contributed by atoms with Crippen LogP contribution in [0.1, 0.15) is 58.4 Å². The summed E-state index contributed by atoms with van der Waals surface area (Å²) in [4.78, 5) is 4.07. The largest absolute Gasteiger partial charge is 0.308 e. The van der Waals surface area contributed by atoms with E-state index < -0.39 is 0 Å². The van der Waals surface area contributed by atoms with E-state index in [1.807, 2.05) is 11.3 Å². The van der Waals surface area contributed by atoms with Crippen LogP contribution in [0, 0.1) is 11.8 Å². The summed E-state index contributed by atoms with van der Waals surface area (Å²) in [5.41, 5.74) is 0. The van der Waals surface area contributed by atoms with Crippen molar-refractivity contribution in [1.82, 2.24) is 10.2 Å². The predicted octanol–water partition coefficient (Wildman–Crippen LogP) is 4.79. The van der Waals surface area contributed by atoms with Gasteiger partial charge >= 0.3 is 0 Å². The Balaban J connectivity index is 2.30. The maximum absolute atomic E-state index is 3.66. The molecule has 1 aromatic heterocycles. The summed E-state index contributed by atoms with van der Waals surface area (Å²) in [7, 11) is 0. The molecule has 21 heavy (non-hydrogen) atoms. The molecule has 1 atom stereocenters. The maximum Gasteiger partial charge on any atom is 0.0386 e. The minimum absolute atomic E-state index is 0.474. The zero-order valence-corrected chi connectivity index (χ0v) is 15.4. The second-order valence-electron chi connectivity index (χ2n) is 6.90. The normalized spacial score (nSPS) is 13.5. The summed E-state index contributed by atoms with van der Waals surface area (Å²) in [6.07, 6.45) is 2.61. The lowest BCUT2D eigenvalue weighted by Gasteiger charge is -2.25. The van der Waals surface area contributed by atoms with Gasteiger partial charge in [-0.1, -0.05) is 33.8 Å². The van der Waals surface area contributed by atoms with Crippen LogP contribution in [-0.2, 0) is 0 Å². The molecule has 0 amide bonds. The molecule has 0 bridgehead atoms. The van der Waals surface area contributed by atoms with Crippen molar-refractivity contribution in [2.24, 2.45) is 11.8 Å². The molecule has 0 aliphatic heterocycles. The fraction of sp³-hybridized carbons (Fsp3) is 0.778. The SMILES string of the molecule is CC(C)CCN(CCNC(C)c1cccs1)CCC(C)C. The van der Waals surface area contributed by atoms with Gasteiger partial charge in [0, 0.05) is 24.0 Å². The number of hydrogen-bond acceptors (Lipinski definition) is 3. The second-order valence-corrected chi connectivity index (χ2v) is 7.88. The summed E-state index contributed by atoms with van der Waals surface area (Å²) in [6, 6.07) is 4.83. The first-order chi connectivity index (χ1) is 9.99. The smallest absolute Gasteiger partial charge is 0.0386 e. The van der Waals surface area contributed by atoms with Crippen molar-refractivity contribution in [3.05, 3.63) is 22.4 Å². The highest BCUT2D eigenvalue weighted by atomic mass is 32.1. The average Bonchev–Trinajstić information content (AvgIpc) is 2.94. The Morgan fingerprint density at radius 2 is 1.62 bits per heavy atom. The number of nitrogens with zero attached hydrogens (tertiary/aromatic N) is 1. The third-order valence-electron chi connectivity index (χ3n) is 3.89. The molecule has 1 unspecified atom stereocenters. The van der Waals surface area contributed by atoms with E-state index in [4.69, 9.17) is 0 Å². The van der Waals surface area contributed by atoms with Crippen molar-refractivity contribution < 1.29 is 0 Å². The summed E-state index contributed by atoms with van der Waals surface area (Å²) in [6.45, 7) is 16.2. The van der Waals surface area contributed by atoms with Gasteiger partial charge < -0.3 is 10.2 Å². The Kier molecular flexibility index (Phi) is 9.21. The molecule has 0 spiro atoms.